The molecule has 2 atom stereocenters. The SMILES string of the molecule is CCCCCCOCC(O)COc1c2ccccc2c(OCC(O)COCCCCCC)c2cc(C)ccc12. The summed E-state index contributed by atoms with van der Waals surface area (Å²) < 4.78 is 23.8. The number of benzene rings is 3. The molecule has 0 spiro atoms. The molecule has 0 aliphatic heterocycles. The largest absolute Gasteiger partial charge is 0.489 e. The summed E-state index contributed by atoms with van der Waals surface area (Å²) in [5.41, 5.74) is 1.10. The van der Waals surface area contributed by atoms with Crippen LogP contribution >= 0.6 is 0 Å². The Morgan fingerprint density at radius 3 is 1.59 bits per heavy atom. The lowest BCUT2D eigenvalue weighted by atomic mass is 9.99. The predicted molar refractivity (Wildman–Crippen MR) is 159 cm³/mol. The number of hydrogen-bond acceptors (Lipinski definition) is 6. The van der Waals surface area contributed by atoms with Crippen LogP contribution in [0.1, 0.15) is 70.8 Å². The zero-order chi connectivity index (χ0) is 27.9. The van der Waals surface area contributed by atoms with E-state index in [-0.39, 0.29) is 26.4 Å². The lowest BCUT2D eigenvalue weighted by molar-refractivity contribution is 0.0111. The minimum absolute atomic E-state index is 0.135. The number of fused-ring (bicyclic) bond motifs is 2. The first-order chi connectivity index (χ1) is 19.0. The maximum absolute atomic E-state index is 10.5. The average Bonchev–Trinajstić information content (AvgIpc) is 2.94. The van der Waals surface area contributed by atoms with E-state index in [0.29, 0.717) is 19.0 Å². The molecule has 3 aromatic rings. The average molecular weight is 541 g/mol. The van der Waals surface area contributed by atoms with E-state index in [1.165, 1.54) is 25.7 Å². The van der Waals surface area contributed by atoms with Crippen molar-refractivity contribution in [3.8, 4) is 11.5 Å². The minimum Gasteiger partial charge on any atom is -0.489 e. The molecule has 0 aliphatic carbocycles. The predicted octanol–water partition coefficient (Wildman–Crippen LogP) is 6.97. The van der Waals surface area contributed by atoms with Crippen LogP contribution in [0.3, 0.4) is 0 Å². The van der Waals surface area contributed by atoms with Gasteiger partial charge in [0.15, 0.2) is 0 Å². The van der Waals surface area contributed by atoms with Crippen LogP contribution in [0.4, 0.5) is 0 Å². The Morgan fingerprint density at radius 2 is 1.08 bits per heavy atom. The summed E-state index contributed by atoms with van der Waals surface area (Å²) in [6, 6.07) is 14.1. The number of ether oxygens (including phenoxy) is 4. The second kappa shape index (κ2) is 17.3. The zero-order valence-corrected chi connectivity index (χ0v) is 24.1. The Kier molecular flexibility index (Phi) is 13.9. The molecule has 3 rings (SSSR count). The van der Waals surface area contributed by atoms with Gasteiger partial charge in [-0.1, -0.05) is 94.3 Å². The highest BCUT2D eigenvalue weighted by Crippen LogP contribution is 2.43. The first kappa shape index (κ1) is 31.2. The molecule has 0 saturated heterocycles. The number of rotatable bonds is 20. The molecule has 0 heterocycles. The monoisotopic (exact) mass is 540 g/mol. The molecule has 6 heteroatoms. The normalized spacial score (nSPS) is 13.2. The van der Waals surface area contributed by atoms with E-state index in [9.17, 15) is 10.2 Å². The fourth-order valence-electron chi connectivity index (χ4n) is 4.68. The molecule has 0 bridgehead atoms. The molecule has 0 aromatic heterocycles. The van der Waals surface area contributed by atoms with E-state index < -0.39 is 12.2 Å². The Labute approximate surface area is 234 Å². The van der Waals surface area contributed by atoms with E-state index in [2.05, 4.69) is 19.9 Å². The number of aliphatic hydroxyl groups excluding tert-OH is 2. The van der Waals surface area contributed by atoms with Gasteiger partial charge in [-0.05, 0) is 25.8 Å². The van der Waals surface area contributed by atoms with Crippen LogP contribution in [-0.2, 0) is 9.47 Å². The van der Waals surface area contributed by atoms with Crippen LogP contribution in [0.2, 0.25) is 0 Å². The smallest absolute Gasteiger partial charge is 0.135 e. The van der Waals surface area contributed by atoms with Gasteiger partial charge in [0, 0.05) is 34.8 Å². The van der Waals surface area contributed by atoms with Crippen molar-refractivity contribution in [2.45, 2.75) is 84.3 Å². The molecular formula is C33H48O6. The zero-order valence-electron chi connectivity index (χ0n) is 24.1. The van der Waals surface area contributed by atoms with Crippen LogP contribution in [-0.4, -0.2) is 62.1 Å². The van der Waals surface area contributed by atoms with Gasteiger partial charge in [0.2, 0.25) is 0 Å². The summed E-state index contributed by atoms with van der Waals surface area (Å²) in [5.74, 6) is 1.43. The van der Waals surface area contributed by atoms with Crippen LogP contribution in [0, 0.1) is 6.92 Å². The molecule has 0 fully saturated rings. The summed E-state index contributed by atoms with van der Waals surface area (Å²) in [4.78, 5) is 0. The van der Waals surface area contributed by atoms with Crippen molar-refractivity contribution < 1.29 is 29.2 Å². The van der Waals surface area contributed by atoms with Crippen LogP contribution in [0.25, 0.3) is 21.5 Å². The summed E-state index contributed by atoms with van der Waals surface area (Å²) in [7, 11) is 0. The Balaban J connectivity index is 1.70. The Morgan fingerprint density at radius 1 is 0.590 bits per heavy atom. The van der Waals surface area contributed by atoms with E-state index >= 15 is 0 Å². The van der Waals surface area contributed by atoms with Crippen molar-refractivity contribution >= 4 is 21.5 Å². The van der Waals surface area contributed by atoms with Crippen molar-refractivity contribution in [1.82, 2.24) is 0 Å². The van der Waals surface area contributed by atoms with Gasteiger partial charge in [-0.25, -0.2) is 0 Å². The lowest BCUT2D eigenvalue weighted by Crippen LogP contribution is -2.24. The third-order valence-electron chi connectivity index (χ3n) is 6.83. The second-order valence-corrected chi connectivity index (χ2v) is 10.5. The highest BCUT2D eigenvalue weighted by atomic mass is 16.5. The molecule has 3 aromatic carbocycles. The van der Waals surface area contributed by atoms with Crippen molar-refractivity contribution in [2.24, 2.45) is 0 Å². The second-order valence-electron chi connectivity index (χ2n) is 10.5. The summed E-state index contributed by atoms with van der Waals surface area (Å²) in [5, 5.41) is 24.7. The van der Waals surface area contributed by atoms with Gasteiger partial charge in [0.25, 0.3) is 0 Å². The highest BCUT2D eigenvalue weighted by Gasteiger charge is 2.18. The molecular weight excluding hydrogens is 492 g/mol. The van der Waals surface area contributed by atoms with Gasteiger partial charge >= 0.3 is 0 Å². The van der Waals surface area contributed by atoms with Crippen LogP contribution in [0.5, 0.6) is 11.5 Å². The van der Waals surface area contributed by atoms with Gasteiger partial charge < -0.3 is 29.2 Å². The minimum atomic E-state index is -0.720. The highest BCUT2D eigenvalue weighted by molar-refractivity contribution is 6.11. The van der Waals surface area contributed by atoms with Crippen LogP contribution in [0.15, 0.2) is 42.5 Å². The van der Waals surface area contributed by atoms with Crippen LogP contribution < -0.4 is 9.47 Å². The molecule has 6 nitrogen and oxygen atoms in total. The number of aliphatic hydroxyl groups is 2. The Hall–Kier alpha value is -2.38. The van der Waals surface area contributed by atoms with Gasteiger partial charge in [-0.15, -0.1) is 0 Å². The van der Waals surface area contributed by atoms with Gasteiger partial charge in [-0.2, -0.15) is 0 Å². The molecule has 0 amide bonds. The molecule has 0 radical (unpaired) electrons. The van der Waals surface area contributed by atoms with E-state index in [4.69, 9.17) is 18.9 Å². The standard InChI is InChI=1S/C33H48O6/c1-4-6-8-12-18-36-21-26(34)23-38-32-28-14-10-11-15-29(28)33(31-20-25(3)16-17-30(31)32)39-24-27(35)22-37-19-13-9-7-5-2/h10-11,14-17,20,26-27,34-35H,4-9,12-13,18-19,21-24H2,1-3H3. The van der Waals surface area contributed by atoms with Gasteiger partial charge in [0.05, 0.1) is 13.2 Å². The van der Waals surface area contributed by atoms with E-state index in [0.717, 1.165) is 58.5 Å². The number of hydrogen-bond donors (Lipinski definition) is 2. The molecule has 216 valence electrons. The molecule has 0 aliphatic rings. The quantitative estimate of drug-likeness (QED) is 0.119. The van der Waals surface area contributed by atoms with Crippen molar-refractivity contribution in [3.05, 3.63) is 48.0 Å². The molecule has 2 unspecified atom stereocenters. The number of unbranched alkanes of at least 4 members (excludes halogenated alkanes) is 6. The van der Waals surface area contributed by atoms with Crippen molar-refractivity contribution in [2.75, 3.05) is 39.6 Å². The molecule has 39 heavy (non-hydrogen) atoms. The first-order valence-corrected chi connectivity index (χ1v) is 14.8. The maximum atomic E-state index is 10.5. The summed E-state index contributed by atoms with van der Waals surface area (Å²) in [6.07, 6.45) is 7.68. The van der Waals surface area contributed by atoms with Crippen molar-refractivity contribution in [1.29, 1.82) is 0 Å². The van der Waals surface area contributed by atoms with Gasteiger partial charge in [0.1, 0.15) is 36.9 Å². The number of aryl methyl sites for hydroxylation is 1. The van der Waals surface area contributed by atoms with Gasteiger partial charge in [-0.3, -0.25) is 0 Å². The molecule has 2 N–H and O–H groups in total. The third-order valence-corrected chi connectivity index (χ3v) is 6.83. The summed E-state index contributed by atoms with van der Waals surface area (Å²) in [6.45, 7) is 8.50. The Bertz CT molecular complexity index is 1110. The fourth-order valence-corrected chi connectivity index (χ4v) is 4.68. The molecule has 0 saturated carbocycles. The summed E-state index contributed by atoms with van der Waals surface area (Å²) >= 11 is 0. The van der Waals surface area contributed by atoms with E-state index in [1.54, 1.807) is 0 Å². The van der Waals surface area contributed by atoms with Crippen molar-refractivity contribution in [3.63, 3.8) is 0 Å². The van der Waals surface area contributed by atoms with E-state index in [1.807, 2.05) is 43.3 Å². The first-order valence-electron chi connectivity index (χ1n) is 14.8. The fraction of sp³-hybridized carbons (Fsp3) is 0.576. The maximum Gasteiger partial charge on any atom is 0.135 e. The topological polar surface area (TPSA) is 77.4 Å². The third kappa shape index (κ3) is 9.95. The lowest BCUT2D eigenvalue weighted by Gasteiger charge is -2.20.